The molecule has 0 saturated heterocycles. The molecule has 0 aliphatic rings. The Morgan fingerprint density at radius 3 is 2.56 bits per heavy atom. The number of benzene rings is 1. The highest BCUT2D eigenvalue weighted by Gasteiger charge is 2.18. The average Bonchev–Trinajstić information content (AvgIpc) is 2.91. The Kier molecular flexibility index (Phi) is 9.60. The van der Waals surface area contributed by atoms with Gasteiger partial charge in [0, 0.05) is 18.0 Å². The van der Waals surface area contributed by atoms with E-state index in [-0.39, 0.29) is 41.2 Å². The molecule has 27 heavy (non-hydrogen) atoms. The number of thiazole rings is 1. The van der Waals surface area contributed by atoms with Crippen LogP contribution in [0.15, 0.2) is 34.2 Å². The largest absolute Gasteiger partial charge is 0.357 e. The lowest BCUT2D eigenvalue weighted by molar-refractivity contribution is 0.566. The summed E-state index contributed by atoms with van der Waals surface area (Å²) in [5.41, 5.74) is 0.995. The van der Waals surface area contributed by atoms with E-state index in [2.05, 4.69) is 20.6 Å². The van der Waals surface area contributed by atoms with Gasteiger partial charge in [0.15, 0.2) is 15.8 Å². The molecule has 2 aromatic rings. The van der Waals surface area contributed by atoms with E-state index in [9.17, 15) is 12.8 Å². The van der Waals surface area contributed by atoms with Crippen LogP contribution in [0.5, 0.6) is 0 Å². The molecule has 0 atom stereocenters. The van der Waals surface area contributed by atoms with E-state index in [1.807, 2.05) is 20.8 Å². The number of halogens is 2. The summed E-state index contributed by atoms with van der Waals surface area (Å²) < 4.78 is 38.2. The van der Waals surface area contributed by atoms with Gasteiger partial charge in [-0.3, -0.25) is 0 Å². The van der Waals surface area contributed by atoms with Crippen molar-refractivity contribution < 1.29 is 12.8 Å². The van der Waals surface area contributed by atoms with Gasteiger partial charge in [0.05, 0.1) is 18.0 Å². The monoisotopic (exact) mass is 526 g/mol. The fraction of sp³-hybridized carbons (Fsp3) is 0.412. The zero-order valence-corrected chi connectivity index (χ0v) is 19.4. The maximum absolute atomic E-state index is 13.7. The highest BCUT2D eigenvalue weighted by Crippen LogP contribution is 2.17. The van der Waals surface area contributed by atoms with Crippen LogP contribution in [-0.4, -0.2) is 38.2 Å². The fourth-order valence-electron chi connectivity index (χ4n) is 2.21. The van der Waals surface area contributed by atoms with Crippen LogP contribution >= 0.6 is 35.3 Å². The quantitative estimate of drug-likeness (QED) is 0.329. The number of aryl methyl sites for hydroxylation is 2. The average molecular weight is 526 g/mol. The number of aromatic nitrogens is 1. The summed E-state index contributed by atoms with van der Waals surface area (Å²) in [6.45, 7) is 7.06. The standard InChI is InChI=1S/C17H23FN4O2S2.HI/c1-4-19-17(21-11-16-22-12(2)13(3)25-16)20-9-10-26(23,24)15-8-6-5-7-14(15)18;/h5-8H,4,9-11H2,1-3H3,(H2,19,20,21);1H. The topological polar surface area (TPSA) is 83.4 Å². The molecular formula is C17H24FIN4O2S2. The number of nitrogens with zero attached hydrogens (tertiary/aromatic N) is 2. The predicted molar refractivity (Wildman–Crippen MR) is 118 cm³/mol. The van der Waals surface area contributed by atoms with E-state index in [1.165, 1.54) is 18.2 Å². The van der Waals surface area contributed by atoms with Gasteiger partial charge in [0.1, 0.15) is 15.7 Å². The first-order valence-electron chi connectivity index (χ1n) is 8.26. The van der Waals surface area contributed by atoms with Crippen LogP contribution in [0.2, 0.25) is 0 Å². The molecule has 10 heteroatoms. The van der Waals surface area contributed by atoms with Crippen molar-refractivity contribution in [1.82, 2.24) is 15.6 Å². The van der Waals surface area contributed by atoms with Crippen molar-refractivity contribution in [2.24, 2.45) is 4.99 Å². The van der Waals surface area contributed by atoms with Crippen LogP contribution in [0.25, 0.3) is 0 Å². The molecule has 150 valence electrons. The van der Waals surface area contributed by atoms with Gasteiger partial charge < -0.3 is 10.6 Å². The van der Waals surface area contributed by atoms with E-state index in [0.29, 0.717) is 19.0 Å². The van der Waals surface area contributed by atoms with E-state index in [4.69, 9.17) is 0 Å². The third-order valence-electron chi connectivity index (χ3n) is 3.62. The summed E-state index contributed by atoms with van der Waals surface area (Å²) in [5, 5.41) is 6.93. The molecule has 0 aliphatic carbocycles. The second-order valence-corrected chi connectivity index (χ2v) is 8.99. The molecule has 0 bridgehead atoms. The van der Waals surface area contributed by atoms with Crippen molar-refractivity contribution in [2.75, 3.05) is 18.8 Å². The highest BCUT2D eigenvalue weighted by molar-refractivity contribution is 14.0. The fourth-order valence-corrected chi connectivity index (χ4v) is 4.31. The third-order valence-corrected chi connectivity index (χ3v) is 6.42. The number of hydrogen-bond donors (Lipinski definition) is 2. The third kappa shape index (κ3) is 7.00. The van der Waals surface area contributed by atoms with Crippen LogP contribution in [0.4, 0.5) is 4.39 Å². The summed E-state index contributed by atoms with van der Waals surface area (Å²) in [7, 11) is -3.70. The Labute approximate surface area is 180 Å². The summed E-state index contributed by atoms with van der Waals surface area (Å²) in [4.78, 5) is 9.73. The molecule has 2 rings (SSSR count). The smallest absolute Gasteiger partial charge is 0.191 e. The molecule has 0 saturated carbocycles. The normalized spacial score (nSPS) is 11.8. The van der Waals surface area contributed by atoms with Gasteiger partial charge in [-0.1, -0.05) is 12.1 Å². The molecular weight excluding hydrogens is 502 g/mol. The van der Waals surface area contributed by atoms with E-state index < -0.39 is 15.7 Å². The zero-order valence-electron chi connectivity index (χ0n) is 15.5. The van der Waals surface area contributed by atoms with Crippen LogP contribution in [0.3, 0.4) is 0 Å². The summed E-state index contributed by atoms with van der Waals surface area (Å²) in [6, 6.07) is 5.39. The predicted octanol–water partition coefficient (Wildman–Crippen LogP) is 3.05. The summed E-state index contributed by atoms with van der Waals surface area (Å²) in [5.74, 6) is -0.460. The first-order chi connectivity index (χ1) is 12.3. The number of hydrogen-bond acceptors (Lipinski definition) is 5. The van der Waals surface area contributed by atoms with Gasteiger partial charge in [0.25, 0.3) is 0 Å². The van der Waals surface area contributed by atoms with E-state index in [1.54, 1.807) is 11.3 Å². The maximum atomic E-state index is 13.7. The number of sulfone groups is 1. The van der Waals surface area contributed by atoms with Crippen LogP contribution in [-0.2, 0) is 16.4 Å². The molecule has 0 unspecified atom stereocenters. The van der Waals surface area contributed by atoms with Crippen LogP contribution in [0.1, 0.15) is 22.5 Å². The van der Waals surface area contributed by atoms with Crippen molar-refractivity contribution in [3.8, 4) is 0 Å². The Morgan fingerprint density at radius 1 is 1.26 bits per heavy atom. The lowest BCUT2D eigenvalue weighted by Crippen LogP contribution is -2.39. The molecule has 0 radical (unpaired) electrons. The number of nitrogens with one attached hydrogen (secondary N) is 2. The molecule has 1 aromatic carbocycles. The molecule has 0 fully saturated rings. The first-order valence-corrected chi connectivity index (χ1v) is 10.7. The van der Waals surface area contributed by atoms with Gasteiger partial charge in [0.2, 0.25) is 0 Å². The number of guanidine groups is 1. The van der Waals surface area contributed by atoms with Gasteiger partial charge in [-0.25, -0.2) is 22.8 Å². The van der Waals surface area contributed by atoms with E-state index >= 15 is 0 Å². The molecule has 2 N–H and O–H groups in total. The number of aliphatic imine (C=N–C) groups is 1. The summed E-state index contributed by atoms with van der Waals surface area (Å²) >= 11 is 1.59. The second-order valence-electron chi connectivity index (χ2n) is 5.62. The molecule has 1 heterocycles. The minimum atomic E-state index is -3.70. The lowest BCUT2D eigenvalue weighted by atomic mass is 10.3. The Morgan fingerprint density at radius 2 is 1.96 bits per heavy atom. The van der Waals surface area contributed by atoms with E-state index in [0.717, 1.165) is 21.6 Å². The minimum Gasteiger partial charge on any atom is -0.357 e. The zero-order chi connectivity index (χ0) is 19.2. The van der Waals surface area contributed by atoms with Gasteiger partial charge >= 0.3 is 0 Å². The molecule has 6 nitrogen and oxygen atoms in total. The maximum Gasteiger partial charge on any atom is 0.191 e. The van der Waals surface area contributed by atoms with Gasteiger partial charge in [-0.05, 0) is 32.9 Å². The van der Waals surface area contributed by atoms with Crippen molar-refractivity contribution >= 4 is 51.1 Å². The Bertz CT molecular complexity index is 865. The molecule has 0 spiro atoms. The summed E-state index contributed by atoms with van der Waals surface area (Å²) in [6.07, 6.45) is 0. The Balaban J connectivity index is 0.00000364. The van der Waals surface area contributed by atoms with Crippen molar-refractivity contribution in [1.29, 1.82) is 0 Å². The SMILES string of the molecule is CCNC(=NCc1nc(C)c(C)s1)NCCS(=O)(=O)c1ccccc1F.I. The van der Waals surface area contributed by atoms with Crippen molar-refractivity contribution in [3.63, 3.8) is 0 Å². The first kappa shape index (κ1) is 23.8. The van der Waals surface area contributed by atoms with Crippen LogP contribution in [0, 0.1) is 19.7 Å². The Hall–Kier alpha value is -1.27. The lowest BCUT2D eigenvalue weighted by Gasteiger charge is -2.11. The minimum absolute atomic E-state index is 0. The molecule has 0 aliphatic heterocycles. The van der Waals surface area contributed by atoms with Crippen LogP contribution < -0.4 is 10.6 Å². The second kappa shape index (κ2) is 10.9. The molecule has 0 amide bonds. The van der Waals surface area contributed by atoms with Gasteiger partial charge in [-0.2, -0.15) is 0 Å². The van der Waals surface area contributed by atoms with Gasteiger partial charge in [-0.15, -0.1) is 35.3 Å². The highest BCUT2D eigenvalue weighted by atomic mass is 127. The van der Waals surface area contributed by atoms with Crippen molar-refractivity contribution in [3.05, 3.63) is 45.7 Å². The van der Waals surface area contributed by atoms with Crippen molar-refractivity contribution in [2.45, 2.75) is 32.2 Å². The molecule has 1 aromatic heterocycles. The number of rotatable bonds is 7.